The van der Waals surface area contributed by atoms with Crippen LogP contribution in [0, 0.1) is 11.8 Å². The monoisotopic (exact) mass is 281 g/mol. The normalized spacial score (nSPS) is 23.1. The molecule has 102 valence electrons. The number of aliphatic hydroxyl groups is 1. The van der Waals surface area contributed by atoms with Crippen LogP contribution in [-0.2, 0) is 0 Å². The number of aliphatic hydroxyl groups excluding tert-OH is 1. The van der Waals surface area contributed by atoms with E-state index < -0.39 is 0 Å². The molecule has 2 heterocycles. The van der Waals surface area contributed by atoms with E-state index in [2.05, 4.69) is 25.5 Å². The second kappa shape index (κ2) is 5.30. The highest BCUT2D eigenvalue weighted by Gasteiger charge is 2.26. The third kappa shape index (κ3) is 2.50. The van der Waals surface area contributed by atoms with Gasteiger partial charge in [0.25, 0.3) is 0 Å². The molecule has 0 radical (unpaired) electrons. The summed E-state index contributed by atoms with van der Waals surface area (Å²) in [5.41, 5.74) is 0.632. The Morgan fingerprint density at radius 1 is 1.37 bits per heavy atom. The zero-order valence-electron chi connectivity index (χ0n) is 10.4. The molecule has 1 aliphatic rings. The van der Waals surface area contributed by atoms with Gasteiger partial charge in [0.2, 0.25) is 5.28 Å². The van der Waals surface area contributed by atoms with Crippen LogP contribution in [0.3, 0.4) is 0 Å². The zero-order chi connectivity index (χ0) is 13.2. The van der Waals surface area contributed by atoms with E-state index in [1.165, 1.54) is 6.42 Å². The summed E-state index contributed by atoms with van der Waals surface area (Å²) >= 11 is 5.88. The summed E-state index contributed by atoms with van der Waals surface area (Å²) in [5, 5.41) is 20.4. The molecule has 1 fully saturated rings. The number of hydrogen-bond donors (Lipinski definition) is 3. The van der Waals surface area contributed by atoms with E-state index in [0.717, 1.165) is 24.8 Å². The SMILES string of the molecule is OCC1CCCC1CNc1nc(Cl)nc2[nH]ncc12. The largest absolute Gasteiger partial charge is 0.396 e. The van der Waals surface area contributed by atoms with Crippen LogP contribution >= 0.6 is 11.6 Å². The molecular formula is C12H16ClN5O. The molecule has 1 saturated carbocycles. The first-order chi connectivity index (χ1) is 9.28. The van der Waals surface area contributed by atoms with Crippen LogP contribution in [0.15, 0.2) is 6.20 Å². The van der Waals surface area contributed by atoms with Gasteiger partial charge >= 0.3 is 0 Å². The van der Waals surface area contributed by atoms with Crippen molar-refractivity contribution < 1.29 is 5.11 Å². The zero-order valence-corrected chi connectivity index (χ0v) is 11.2. The third-order valence-corrected chi connectivity index (χ3v) is 4.03. The summed E-state index contributed by atoms with van der Waals surface area (Å²) in [5.74, 6) is 1.58. The molecule has 19 heavy (non-hydrogen) atoms. The van der Waals surface area contributed by atoms with Crippen LogP contribution in [0.1, 0.15) is 19.3 Å². The Kier molecular flexibility index (Phi) is 3.52. The Morgan fingerprint density at radius 3 is 3.05 bits per heavy atom. The van der Waals surface area contributed by atoms with Crippen LogP contribution in [0.2, 0.25) is 5.28 Å². The van der Waals surface area contributed by atoms with E-state index in [-0.39, 0.29) is 11.9 Å². The molecule has 2 unspecified atom stereocenters. The van der Waals surface area contributed by atoms with E-state index in [4.69, 9.17) is 11.6 Å². The molecule has 3 N–H and O–H groups in total. The molecule has 2 atom stereocenters. The lowest BCUT2D eigenvalue weighted by molar-refractivity contribution is 0.199. The Balaban J connectivity index is 1.76. The number of fused-ring (bicyclic) bond motifs is 1. The third-order valence-electron chi connectivity index (χ3n) is 3.87. The van der Waals surface area contributed by atoms with Gasteiger partial charge in [-0.15, -0.1) is 0 Å². The quantitative estimate of drug-likeness (QED) is 0.744. The van der Waals surface area contributed by atoms with E-state index in [1.54, 1.807) is 6.20 Å². The van der Waals surface area contributed by atoms with Crippen molar-refractivity contribution in [1.82, 2.24) is 20.2 Å². The van der Waals surface area contributed by atoms with Crippen LogP contribution in [0.25, 0.3) is 11.0 Å². The summed E-state index contributed by atoms with van der Waals surface area (Å²) in [6, 6.07) is 0. The van der Waals surface area contributed by atoms with Gasteiger partial charge in [-0.25, -0.2) is 0 Å². The molecule has 0 amide bonds. The van der Waals surface area contributed by atoms with Gasteiger partial charge in [0.15, 0.2) is 5.65 Å². The van der Waals surface area contributed by atoms with Crippen LogP contribution in [-0.4, -0.2) is 38.4 Å². The average Bonchev–Trinajstić information content (AvgIpc) is 3.03. The van der Waals surface area contributed by atoms with Crippen molar-refractivity contribution in [2.24, 2.45) is 11.8 Å². The van der Waals surface area contributed by atoms with Gasteiger partial charge in [-0.2, -0.15) is 15.1 Å². The lowest BCUT2D eigenvalue weighted by Crippen LogP contribution is -2.21. The Morgan fingerprint density at radius 2 is 2.21 bits per heavy atom. The van der Waals surface area contributed by atoms with Crippen molar-refractivity contribution in [3.05, 3.63) is 11.5 Å². The van der Waals surface area contributed by atoms with Crippen LogP contribution < -0.4 is 5.32 Å². The topological polar surface area (TPSA) is 86.7 Å². The summed E-state index contributed by atoms with van der Waals surface area (Å²) in [6.45, 7) is 1.05. The van der Waals surface area contributed by atoms with E-state index >= 15 is 0 Å². The van der Waals surface area contributed by atoms with Crippen molar-refractivity contribution in [2.75, 3.05) is 18.5 Å². The lowest BCUT2D eigenvalue weighted by atomic mass is 9.97. The molecule has 0 bridgehead atoms. The Bertz CT molecular complexity index is 572. The number of H-pyrrole nitrogens is 1. The number of aromatic nitrogens is 4. The minimum absolute atomic E-state index is 0.199. The minimum atomic E-state index is 0.199. The maximum Gasteiger partial charge on any atom is 0.226 e. The first kappa shape index (κ1) is 12.6. The molecule has 6 nitrogen and oxygen atoms in total. The number of rotatable bonds is 4. The maximum absolute atomic E-state index is 9.33. The Hall–Kier alpha value is -1.40. The predicted molar refractivity (Wildman–Crippen MR) is 73.1 cm³/mol. The van der Waals surface area contributed by atoms with Gasteiger partial charge < -0.3 is 10.4 Å². The molecule has 0 saturated heterocycles. The molecule has 0 spiro atoms. The van der Waals surface area contributed by atoms with Gasteiger partial charge in [0, 0.05) is 13.2 Å². The minimum Gasteiger partial charge on any atom is -0.396 e. The number of anilines is 1. The molecule has 2 aromatic heterocycles. The van der Waals surface area contributed by atoms with Gasteiger partial charge in [0.05, 0.1) is 11.6 Å². The summed E-state index contributed by atoms with van der Waals surface area (Å²) in [6.07, 6.45) is 5.12. The Labute approximate surface area is 115 Å². The highest BCUT2D eigenvalue weighted by molar-refractivity contribution is 6.28. The van der Waals surface area contributed by atoms with Gasteiger partial charge in [-0.1, -0.05) is 6.42 Å². The predicted octanol–water partition coefficient (Wildman–Crippen LogP) is 1.83. The fourth-order valence-corrected chi connectivity index (χ4v) is 2.96. The molecular weight excluding hydrogens is 266 g/mol. The molecule has 1 aliphatic carbocycles. The fourth-order valence-electron chi connectivity index (χ4n) is 2.79. The molecule has 2 aromatic rings. The smallest absolute Gasteiger partial charge is 0.226 e. The number of aromatic amines is 1. The number of nitrogens with zero attached hydrogens (tertiary/aromatic N) is 3. The fraction of sp³-hybridized carbons (Fsp3) is 0.583. The highest BCUT2D eigenvalue weighted by atomic mass is 35.5. The maximum atomic E-state index is 9.33. The van der Waals surface area contributed by atoms with Gasteiger partial charge in [-0.05, 0) is 36.3 Å². The lowest BCUT2D eigenvalue weighted by Gasteiger charge is -2.18. The molecule has 7 heteroatoms. The van der Waals surface area contributed by atoms with Crippen LogP contribution in [0.4, 0.5) is 5.82 Å². The van der Waals surface area contributed by atoms with E-state index in [0.29, 0.717) is 23.3 Å². The molecule has 3 rings (SSSR count). The van der Waals surface area contributed by atoms with Gasteiger partial charge in [-0.3, -0.25) is 5.10 Å². The molecule has 0 aromatic carbocycles. The number of nitrogens with one attached hydrogen (secondary N) is 2. The summed E-state index contributed by atoms with van der Waals surface area (Å²) < 4.78 is 0. The van der Waals surface area contributed by atoms with Crippen molar-refractivity contribution in [2.45, 2.75) is 19.3 Å². The standard InChI is InChI=1S/C12H16ClN5O/c13-12-16-10(9-5-15-18-11(9)17-12)14-4-7-2-1-3-8(7)6-19/h5,7-8,19H,1-4,6H2,(H2,14,15,16,17,18). The van der Waals surface area contributed by atoms with Crippen molar-refractivity contribution in [3.8, 4) is 0 Å². The van der Waals surface area contributed by atoms with Gasteiger partial charge in [0.1, 0.15) is 5.82 Å². The summed E-state index contributed by atoms with van der Waals surface area (Å²) in [4.78, 5) is 8.27. The number of halogens is 1. The average molecular weight is 282 g/mol. The van der Waals surface area contributed by atoms with Crippen molar-refractivity contribution in [3.63, 3.8) is 0 Å². The van der Waals surface area contributed by atoms with E-state index in [1.807, 2.05) is 0 Å². The molecule has 0 aliphatic heterocycles. The second-order valence-corrected chi connectivity index (χ2v) is 5.33. The first-order valence-corrected chi connectivity index (χ1v) is 6.87. The summed E-state index contributed by atoms with van der Waals surface area (Å²) in [7, 11) is 0. The second-order valence-electron chi connectivity index (χ2n) is 4.99. The first-order valence-electron chi connectivity index (χ1n) is 6.49. The van der Waals surface area contributed by atoms with E-state index in [9.17, 15) is 5.11 Å². The van der Waals surface area contributed by atoms with Crippen LogP contribution in [0.5, 0.6) is 0 Å². The highest BCUT2D eigenvalue weighted by Crippen LogP contribution is 2.31. The van der Waals surface area contributed by atoms with Crippen molar-refractivity contribution in [1.29, 1.82) is 0 Å². The number of hydrogen-bond acceptors (Lipinski definition) is 5. The van der Waals surface area contributed by atoms with Crippen molar-refractivity contribution >= 4 is 28.5 Å².